The second-order valence-corrected chi connectivity index (χ2v) is 8.20. The Kier molecular flexibility index (Phi) is 7.82. The van der Waals surface area contributed by atoms with E-state index < -0.39 is 57.1 Å². The lowest BCUT2D eigenvalue weighted by atomic mass is 9.99. The summed E-state index contributed by atoms with van der Waals surface area (Å²) in [6.45, 7) is -0.830. The van der Waals surface area contributed by atoms with Crippen LogP contribution in [0.1, 0.15) is 20.7 Å². The number of ether oxygens (including phenoxy) is 3. The number of anilines is 1. The Bertz CT molecular complexity index is 1030. The van der Waals surface area contributed by atoms with Crippen LogP contribution >= 0.6 is 7.82 Å². The van der Waals surface area contributed by atoms with Gasteiger partial charge in [-0.3, -0.25) is 4.52 Å². The zero-order valence-corrected chi connectivity index (χ0v) is 17.9. The van der Waals surface area contributed by atoms with Crippen LogP contribution in [0.5, 0.6) is 0 Å². The summed E-state index contributed by atoms with van der Waals surface area (Å²) in [7, 11) is -5.24. The van der Waals surface area contributed by atoms with E-state index >= 15 is 0 Å². The molecule has 0 radical (unpaired) electrons. The molecule has 1 fully saturated rings. The van der Waals surface area contributed by atoms with Crippen molar-refractivity contribution < 1.29 is 52.9 Å². The van der Waals surface area contributed by atoms with Gasteiger partial charge in [0.25, 0.3) is 0 Å². The Labute approximate surface area is 187 Å². The van der Waals surface area contributed by atoms with Crippen molar-refractivity contribution in [3.63, 3.8) is 0 Å². The topological polar surface area (TPSA) is 195 Å². The Hall–Kier alpha value is -2.83. The number of carbonyl (C=O) groups excluding carboxylic acids is 2. The first-order valence-corrected chi connectivity index (χ1v) is 11.1. The molecule has 1 aliphatic rings. The van der Waals surface area contributed by atoms with Crippen molar-refractivity contribution >= 4 is 25.4 Å². The molecule has 178 valence electrons. The maximum Gasteiger partial charge on any atom is 0.470 e. The number of hydrogen-bond donors (Lipinski definition) is 5. The molecule has 2 aromatic carbocycles. The number of para-hydroxylation sites is 1. The van der Waals surface area contributed by atoms with E-state index in [1.807, 2.05) is 0 Å². The zero-order chi connectivity index (χ0) is 24.2. The molecule has 0 bridgehead atoms. The van der Waals surface area contributed by atoms with E-state index in [2.05, 4.69) is 4.52 Å². The lowest BCUT2D eigenvalue weighted by molar-refractivity contribution is -0.281. The van der Waals surface area contributed by atoms with Gasteiger partial charge in [0.2, 0.25) is 6.29 Å². The molecular weight excluding hydrogens is 461 g/mol. The molecule has 0 amide bonds. The van der Waals surface area contributed by atoms with E-state index in [9.17, 15) is 34.2 Å². The Morgan fingerprint density at radius 2 is 1.61 bits per heavy atom. The first-order valence-electron chi connectivity index (χ1n) is 9.60. The molecule has 0 aromatic heterocycles. The summed E-state index contributed by atoms with van der Waals surface area (Å²) in [5, 5.41) is 20.0. The molecular formula is C20H22NO11P. The van der Waals surface area contributed by atoms with Crippen molar-refractivity contribution in [1.29, 1.82) is 0 Å². The minimum Gasteiger partial charge on any atom is -0.449 e. The number of aliphatic hydroxyl groups is 2. The molecule has 0 aliphatic carbocycles. The van der Waals surface area contributed by atoms with Gasteiger partial charge in [0.05, 0.1) is 17.7 Å². The molecule has 1 aliphatic heterocycles. The molecule has 33 heavy (non-hydrogen) atoms. The lowest BCUT2D eigenvalue weighted by Crippen LogP contribution is -2.61. The maximum atomic E-state index is 12.7. The van der Waals surface area contributed by atoms with Crippen LogP contribution in [-0.4, -0.2) is 69.3 Å². The van der Waals surface area contributed by atoms with Gasteiger partial charge in [-0.25, -0.2) is 14.2 Å². The van der Waals surface area contributed by atoms with E-state index in [-0.39, 0.29) is 16.8 Å². The first kappa shape index (κ1) is 24.8. The fourth-order valence-corrected chi connectivity index (χ4v) is 3.72. The van der Waals surface area contributed by atoms with Crippen molar-refractivity contribution in [3.05, 3.63) is 65.7 Å². The Balaban J connectivity index is 1.95. The molecule has 5 atom stereocenters. The van der Waals surface area contributed by atoms with Crippen LogP contribution in [0, 0.1) is 0 Å². The van der Waals surface area contributed by atoms with Crippen molar-refractivity contribution in [2.45, 2.75) is 30.7 Å². The van der Waals surface area contributed by atoms with Gasteiger partial charge in [-0.05, 0) is 24.3 Å². The van der Waals surface area contributed by atoms with Crippen molar-refractivity contribution in [2.24, 2.45) is 0 Å². The number of carbonyl (C=O) groups is 2. The largest absolute Gasteiger partial charge is 0.470 e. The van der Waals surface area contributed by atoms with Crippen LogP contribution in [0.3, 0.4) is 0 Å². The van der Waals surface area contributed by atoms with Gasteiger partial charge in [0.15, 0.2) is 6.10 Å². The van der Waals surface area contributed by atoms with E-state index in [1.165, 1.54) is 30.3 Å². The SMILES string of the molecule is Nc1ccccc1C(=O)O[C@@H]1O[C@H](CO)[C@@H](O)[C@H](OP(=O)(O)O)[C@H]1OC(=O)c1ccccc1. The first-order chi connectivity index (χ1) is 15.6. The summed E-state index contributed by atoms with van der Waals surface area (Å²) in [5.74, 6) is -1.99. The van der Waals surface area contributed by atoms with Gasteiger partial charge >= 0.3 is 19.8 Å². The number of phosphoric ester groups is 1. The summed E-state index contributed by atoms with van der Waals surface area (Å²) in [6, 6.07) is 13.4. The summed E-state index contributed by atoms with van der Waals surface area (Å²) >= 11 is 0. The lowest BCUT2D eigenvalue weighted by Gasteiger charge is -2.42. The number of rotatable bonds is 7. The summed E-state index contributed by atoms with van der Waals surface area (Å²) in [5.41, 5.74) is 5.83. The molecule has 1 saturated heterocycles. The predicted octanol–water partition coefficient (Wildman–Crippen LogP) is 0.207. The molecule has 0 unspecified atom stereocenters. The van der Waals surface area contributed by atoms with Gasteiger partial charge in [0.1, 0.15) is 18.3 Å². The molecule has 0 spiro atoms. The molecule has 0 saturated carbocycles. The molecule has 2 aromatic rings. The molecule has 13 heteroatoms. The minimum atomic E-state index is -5.24. The van der Waals surface area contributed by atoms with Crippen molar-refractivity contribution in [1.82, 2.24) is 0 Å². The van der Waals surface area contributed by atoms with Crippen molar-refractivity contribution in [3.8, 4) is 0 Å². The third-order valence-corrected chi connectivity index (χ3v) is 5.23. The van der Waals surface area contributed by atoms with Crippen LogP contribution in [0.15, 0.2) is 54.6 Å². The van der Waals surface area contributed by atoms with Crippen LogP contribution in [0.4, 0.5) is 5.69 Å². The highest BCUT2D eigenvalue weighted by Gasteiger charge is 2.52. The van der Waals surface area contributed by atoms with Gasteiger partial charge in [-0.15, -0.1) is 0 Å². The number of nitrogens with two attached hydrogens (primary N) is 1. The number of aliphatic hydroxyl groups excluding tert-OH is 2. The maximum absolute atomic E-state index is 12.7. The van der Waals surface area contributed by atoms with E-state index in [1.54, 1.807) is 24.3 Å². The quantitative estimate of drug-likeness (QED) is 0.204. The van der Waals surface area contributed by atoms with Gasteiger partial charge < -0.3 is 39.9 Å². The zero-order valence-electron chi connectivity index (χ0n) is 17.0. The van der Waals surface area contributed by atoms with Gasteiger partial charge in [-0.2, -0.15) is 0 Å². The third-order valence-electron chi connectivity index (χ3n) is 4.71. The second kappa shape index (κ2) is 10.4. The summed E-state index contributed by atoms with van der Waals surface area (Å²) in [4.78, 5) is 43.9. The van der Waals surface area contributed by atoms with Crippen LogP contribution < -0.4 is 5.73 Å². The number of esters is 2. The molecule has 3 rings (SSSR count). The van der Waals surface area contributed by atoms with E-state index in [0.29, 0.717) is 0 Å². The van der Waals surface area contributed by atoms with Crippen LogP contribution in [0.2, 0.25) is 0 Å². The average molecular weight is 483 g/mol. The smallest absolute Gasteiger partial charge is 0.449 e. The Morgan fingerprint density at radius 3 is 2.21 bits per heavy atom. The van der Waals surface area contributed by atoms with E-state index in [0.717, 1.165) is 0 Å². The Morgan fingerprint density at radius 1 is 0.970 bits per heavy atom. The highest BCUT2D eigenvalue weighted by Crippen LogP contribution is 2.42. The highest BCUT2D eigenvalue weighted by atomic mass is 31.2. The van der Waals surface area contributed by atoms with Crippen molar-refractivity contribution in [2.75, 3.05) is 12.3 Å². The number of benzene rings is 2. The highest BCUT2D eigenvalue weighted by molar-refractivity contribution is 7.46. The minimum absolute atomic E-state index is 0.0589. The number of hydrogen-bond acceptors (Lipinski definition) is 10. The summed E-state index contributed by atoms with van der Waals surface area (Å²) in [6.07, 6.45) is -8.90. The second-order valence-electron chi connectivity index (χ2n) is 7.01. The monoisotopic (exact) mass is 483 g/mol. The third kappa shape index (κ3) is 6.15. The normalized spacial score (nSPS) is 25.3. The van der Waals surface area contributed by atoms with Gasteiger partial charge in [0, 0.05) is 5.69 Å². The average Bonchev–Trinajstić information content (AvgIpc) is 2.77. The molecule has 12 nitrogen and oxygen atoms in total. The van der Waals surface area contributed by atoms with Crippen LogP contribution in [-0.2, 0) is 23.3 Å². The number of phosphoric acid groups is 1. The fraction of sp³-hybridized carbons (Fsp3) is 0.300. The predicted molar refractivity (Wildman–Crippen MR) is 111 cm³/mol. The standard InChI is InChI=1S/C20H22NO11P/c21-13-9-5-4-8-12(13)19(25)31-20-17(30-18(24)11-6-2-1-3-7-11)16(32-33(26,27)28)15(23)14(10-22)29-20/h1-9,14-17,20,22-23H,10,21H2,(H2,26,27,28)/t14-,15-,16+,17-,20+/m1/s1. The summed E-state index contributed by atoms with van der Waals surface area (Å²) < 4.78 is 32.1. The van der Waals surface area contributed by atoms with Gasteiger partial charge in [-0.1, -0.05) is 30.3 Å². The molecule has 6 N–H and O–H groups in total. The fourth-order valence-electron chi connectivity index (χ4n) is 3.16. The molecule has 1 heterocycles. The number of nitrogen functional groups attached to an aromatic ring is 1. The van der Waals surface area contributed by atoms with E-state index in [4.69, 9.17) is 19.9 Å². The van der Waals surface area contributed by atoms with Crippen LogP contribution in [0.25, 0.3) is 0 Å².